The Bertz CT molecular complexity index is 999. The van der Waals surface area contributed by atoms with Gasteiger partial charge in [0.05, 0.1) is 6.61 Å². The van der Waals surface area contributed by atoms with Crippen molar-refractivity contribution >= 4 is 17.7 Å². The molecule has 3 rings (SSSR count). The van der Waals surface area contributed by atoms with E-state index in [9.17, 15) is 15.0 Å². The van der Waals surface area contributed by atoms with Gasteiger partial charge in [-0.3, -0.25) is 4.79 Å². The number of aryl methyl sites for hydroxylation is 2. The van der Waals surface area contributed by atoms with E-state index in [1.165, 1.54) is 22.9 Å². The van der Waals surface area contributed by atoms with E-state index in [0.29, 0.717) is 13.0 Å². The van der Waals surface area contributed by atoms with Crippen LogP contribution in [-0.2, 0) is 30.5 Å². The minimum Gasteiger partial charge on any atom is -0.508 e. The maximum atomic E-state index is 11.7. The van der Waals surface area contributed by atoms with Crippen molar-refractivity contribution in [3.63, 3.8) is 0 Å². The highest BCUT2D eigenvalue weighted by Gasteiger charge is 2.18. The van der Waals surface area contributed by atoms with E-state index in [1.54, 1.807) is 12.1 Å². The van der Waals surface area contributed by atoms with E-state index < -0.39 is 11.2 Å². The summed E-state index contributed by atoms with van der Waals surface area (Å²) in [6.45, 7) is 2.78. The summed E-state index contributed by atoms with van der Waals surface area (Å²) >= 11 is 1.46. The number of para-hydroxylation sites is 1. The van der Waals surface area contributed by atoms with E-state index in [0.717, 1.165) is 48.3 Å². The first-order chi connectivity index (χ1) is 16.0. The number of rotatable bonds is 13. The standard InChI is InChI=1S/C28H32O4S/c1-2-5-24-6-3-4-7-26(24)32-18-16-21-8-10-23(11-9-21)20-27(28(30)31)33-19-17-22-12-14-25(29)15-13-22/h3-4,6-15,27,29H,2,5,16-20H2,1H3,(H,30,31). The molecule has 0 fully saturated rings. The molecule has 0 saturated carbocycles. The zero-order valence-electron chi connectivity index (χ0n) is 19.1. The van der Waals surface area contributed by atoms with Gasteiger partial charge in [-0.05, 0) is 65.5 Å². The number of carboxylic acids is 1. The van der Waals surface area contributed by atoms with Gasteiger partial charge < -0.3 is 14.9 Å². The third-order valence-electron chi connectivity index (χ3n) is 5.51. The number of hydrogen-bond donors (Lipinski definition) is 2. The van der Waals surface area contributed by atoms with Crippen LogP contribution in [0.5, 0.6) is 11.5 Å². The molecular weight excluding hydrogens is 432 g/mol. The number of phenolic OH excluding ortho intramolecular Hbond substituents is 1. The summed E-state index contributed by atoms with van der Waals surface area (Å²) in [5.41, 5.74) is 4.54. The molecule has 0 aliphatic carbocycles. The third-order valence-corrected chi connectivity index (χ3v) is 6.72. The van der Waals surface area contributed by atoms with Gasteiger partial charge in [-0.15, -0.1) is 11.8 Å². The molecule has 0 aromatic heterocycles. The summed E-state index contributed by atoms with van der Waals surface area (Å²) in [7, 11) is 0. The predicted molar refractivity (Wildman–Crippen MR) is 135 cm³/mol. The first kappa shape index (κ1) is 24.7. The number of carboxylic acid groups (broad SMARTS) is 1. The SMILES string of the molecule is CCCc1ccccc1OCCc1ccc(CC(SCCc2ccc(O)cc2)C(=O)O)cc1. The topological polar surface area (TPSA) is 66.8 Å². The number of aliphatic carboxylic acids is 1. The fraction of sp³-hybridized carbons (Fsp3) is 0.321. The number of thioether (sulfide) groups is 1. The summed E-state index contributed by atoms with van der Waals surface area (Å²) in [4.78, 5) is 11.7. The van der Waals surface area contributed by atoms with Crippen LogP contribution in [0.4, 0.5) is 0 Å². The highest BCUT2D eigenvalue weighted by molar-refractivity contribution is 8.00. The van der Waals surface area contributed by atoms with Crippen LogP contribution in [0.3, 0.4) is 0 Å². The second-order valence-corrected chi connectivity index (χ2v) is 9.40. The van der Waals surface area contributed by atoms with Crippen LogP contribution >= 0.6 is 11.8 Å². The Kier molecular flexibility index (Phi) is 9.70. The summed E-state index contributed by atoms with van der Waals surface area (Å²) in [5, 5.41) is 18.5. The number of hydrogen-bond acceptors (Lipinski definition) is 4. The Balaban J connectivity index is 1.46. The molecule has 0 heterocycles. The van der Waals surface area contributed by atoms with E-state index in [4.69, 9.17) is 4.74 Å². The van der Waals surface area contributed by atoms with Crippen molar-refractivity contribution in [1.82, 2.24) is 0 Å². The lowest BCUT2D eigenvalue weighted by Crippen LogP contribution is -2.20. The van der Waals surface area contributed by atoms with Crippen molar-refractivity contribution in [2.45, 2.75) is 44.3 Å². The molecule has 0 aliphatic rings. The van der Waals surface area contributed by atoms with Gasteiger partial charge in [-0.2, -0.15) is 0 Å². The quantitative estimate of drug-likeness (QED) is 0.328. The molecule has 0 saturated heterocycles. The molecule has 1 unspecified atom stereocenters. The Morgan fingerprint density at radius 3 is 2.21 bits per heavy atom. The maximum absolute atomic E-state index is 11.7. The van der Waals surface area contributed by atoms with Crippen LogP contribution in [0.1, 0.15) is 35.6 Å². The fourth-order valence-corrected chi connectivity index (χ4v) is 4.75. The van der Waals surface area contributed by atoms with Gasteiger partial charge in [0.2, 0.25) is 0 Å². The van der Waals surface area contributed by atoms with Gasteiger partial charge >= 0.3 is 5.97 Å². The maximum Gasteiger partial charge on any atom is 0.316 e. The molecule has 2 N–H and O–H groups in total. The second kappa shape index (κ2) is 12.9. The molecule has 0 spiro atoms. The molecule has 174 valence electrons. The lowest BCUT2D eigenvalue weighted by Gasteiger charge is -2.13. The molecule has 3 aromatic carbocycles. The van der Waals surface area contributed by atoms with Crippen molar-refractivity contribution < 1.29 is 19.7 Å². The molecule has 0 aliphatic heterocycles. The Hall–Kier alpha value is -2.92. The molecule has 0 bridgehead atoms. The van der Waals surface area contributed by atoms with Crippen LogP contribution in [0.15, 0.2) is 72.8 Å². The minimum absolute atomic E-state index is 0.242. The highest BCUT2D eigenvalue weighted by Crippen LogP contribution is 2.21. The van der Waals surface area contributed by atoms with E-state index in [2.05, 4.69) is 25.1 Å². The monoisotopic (exact) mass is 464 g/mol. The van der Waals surface area contributed by atoms with Crippen LogP contribution in [0.25, 0.3) is 0 Å². The number of phenols is 1. The van der Waals surface area contributed by atoms with Gasteiger partial charge in [0.15, 0.2) is 0 Å². The van der Waals surface area contributed by atoms with Gasteiger partial charge in [0.25, 0.3) is 0 Å². The first-order valence-electron chi connectivity index (χ1n) is 11.5. The van der Waals surface area contributed by atoms with Crippen molar-refractivity contribution in [1.29, 1.82) is 0 Å². The molecule has 0 radical (unpaired) electrons. The van der Waals surface area contributed by atoms with E-state index in [-0.39, 0.29) is 5.75 Å². The predicted octanol–water partition coefficient (Wildman–Crippen LogP) is 5.94. The Labute approximate surface area is 200 Å². The molecule has 5 heteroatoms. The number of aromatic hydroxyl groups is 1. The minimum atomic E-state index is -0.783. The number of carbonyl (C=O) groups is 1. The highest BCUT2D eigenvalue weighted by atomic mass is 32.2. The Morgan fingerprint density at radius 1 is 0.879 bits per heavy atom. The van der Waals surface area contributed by atoms with Crippen molar-refractivity contribution in [2.75, 3.05) is 12.4 Å². The lowest BCUT2D eigenvalue weighted by atomic mass is 10.1. The number of benzene rings is 3. The van der Waals surface area contributed by atoms with Gasteiger partial charge in [0, 0.05) is 6.42 Å². The van der Waals surface area contributed by atoms with Gasteiger partial charge in [-0.25, -0.2) is 0 Å². The molecular formula is C28H32O4S. The zero-order chi connectivity index (χ0) is 23.5. The molecule has 0 amide bonds. The lowest BCUT2D eigenvalue weighted by molar-refractivity contribution is -0.136. The van der Waals surface area contributed by atoms with Crippen molar-refractivity contribution in [3.05, 3.63) is 95.1 Å². The summed E-state index contributed by atoms with van der Waals surface area (Å²) in [6, 6.07) is 23.4. The normalized spacial score (nSPS) is 11.8. The molecule has 3 aromatic rings. The number of ether oxygens (including phenoxy) is 1. The van der Waals surface area contributed by atoms with Gasteiger partial charge in [0.1, 0.15) is 16.7 Å². The average Bonchev–Trinajstić information content (AvgIpc) is 2.82. The zero-order valence-corrected chi connectivity index (χ0v) is 19.9. The summed E-state index contributed by atoms with van der Waals surface area (Å²) in [6.07, 6.45) is 4.19. The van der Waals surface area contributed by atoms with Crippen LogP contribution in [0, 0.1) is 0 Å². The summed E-state index contributed by atoms with van der Waals surface area (Å²) in [5.74, 6) is 1.14. The largest absolute Gasteiger partial charge is 0.508 e. The third kappa shape index (κ3) is 8.17. The molecule has 4 nitrogen and oxygen atoms in total. The molecule has 33 heavy (non-hydrogen) atoms. The van der Waals surface area contributed by atoms with Gasteiger partial charge in [-0.1, -0.05) is 67.9 Å². The van der Waals surface area contributed by atoms with E-state index >= 15 is 0 Å². The van der Waals surface area contributed by atoms with Crippen molar-refractivity contribution in [2.24, 2.45) is 0 Å². The first-order valence-corrected chi connectivity index (χ1v) is 12.5. The van der Waals surface area contributed by atoms with E-state index in [1.807, 2.05) is 42.5 Å². The molecule has 1 atom stereocenters. The Morgan fingerprint density at radius 2 is 1.52 bits per heavy atom. The van der Waals surface area contributed by atoms with Crippen LogP contribution in [0.2, 0.25) is 0 Å². The fourth-order valence-electron chi connectivity index (χ4n) is 3.65. The summed E-state index contributed by atoms with van der Waals surface area (Å²) < 4.78 is 6.01. The average molecular weight is 465 g/mol. The van der Waals surface area contributed by atoms with Crippen LogP contribution < -0.4 is 4.74 Å². The second-order valence-electron chi connectivity index (χ2n) is 8.09. The van der Waals surface area contributed by atoms with Crippen LogP contribution in [-0.4, -0.2) is 33.8 Å². The smallest absolute Gasteiger partial charge is 0.316 e. The van der Waals surface area contributed by atoms with Crippen molar-refractivity contribution in [3.8, 4) is 11.5 Å².